The zero-order valence-electron chi connectivity index (χ0n) is 9.90. The average molecular weight is 235 g/mol. The topological polar surface area (TPSA) is 77.2 Å². The summed E-state index contributed by atoms with van der Waals surface area (Å²) in [5.74, 6) is 0.147. The number of carbonyl (C=O) groups is 1. The van der Waals surface area contributed by atoms with Crippen molar-refractivity contribution in [3.05, 3.63) is 23.5 Å². The summed E-state index contributed by atoms with van der Waals surface area (Å²) >= 11 is 0. The van der Waals surface area contributed by atoms with Crippen molar-refractivity contribution in [1.29, 1.82) is 0 Å². The molecule has 3 N–H and O–H groups in total. The van der Waals surface area contributed by atoms with E-state index in [1.807, 2.05) is 19.1 Å². The molecule has 1 aromatic rings. The first-order valence-corrected chi connectivity index (χ1v) is 5.76. The fourth-order valence-corrected chi connectivity index (χ4v) is 1.53. The summed E-state index contributed by atoms with van der Waals surface area (Å²) in [5.41, 5.74) is 6.82. The van der Waals surface area contributed by atoms with Crippen molar-refractivity contribution in [2.24, 2.45) is 5.73 Å². The summed E-state index contributed by atoms with van der Waals surface area (Å²) in [6, 6.07) is 4.30. The van der Waals surface area contributed by atoms with Gasteiger partial charge in [-0.2, -0.15) is 0 Å². The highest BCUT2D eigenvalue weighted by atomic mass is 16.5. The highest BCUT2D eigenvalue weighted by Gasteiger charge is 2.21. The van der Waals surface area contributed by atoms with Gasteiger partial charge in [0, 0.05) is 18.3 Å². The molecule has 17 heavy (non-hydrogen) atoms. The largest absolute Gasteiger partial charge is 0.482 e. The molecule has 5 nitrogen and oxygen atoms in total. The Bertz CT molecular complexity index is 416. The van der Waals surface area contributed by atoms with Crippen molar-refractivity contribution in [3.8, 4) is 5.75 Å². The molecule has 0 spiro atoms. The van der Waals surface area contributed by atoms with E-state index in [-0.39, 0.29) is 6.61 Å². The number of rotatable bonds is 6. The Morgan fingerprint density at radius 2 is 2.35 bits per heavy atom. The minimum Gasteiger partial charge on any atom is -0.482 e. The van der Waals surface area contributed by atoms with Crippen LogP contribution in [0.5, 0.6) is 5.75 Å². The van der Waals surface area contributed by atoms with Crippen molar-refractivity contribution >= 4 is 5.91 Å². The molecule has 1 saturated carbocycles. The van der Waals surface area contributed by atoms with Crippen molar-refractivity contribution < 1.29 is 9.53 Å². The van der Waals surface area contributed by atoms with E-state index in [0.717, 1.165) is 11.4 Å². The number of amides is 1. The fourth-order valence-electron chi connectivity index (χ4n) is 1.53. The molecule has 1 heterocycles. The third-order valence-corrected chi connectivity index (χ3v) is 2.58. The molecule has 0 bridgehead atoms. The van der Waals surface area contributed by atoms with Crippen LogP contribution >= 0.6 is 0 Å². The molecule has 0 saturated heterocycles. The van der Waals surface area contributed by atoms with Crippen molar-refractivity contribution in [2.75, 3.05) is 6.61 Å². The molecule has 1 fully saturated rings. The van der Waals surface area contributed by atoms with Crippen LogP contribution in [0.15, 0.2) is 12.1 Å². The van der Waals surface area contributed by atoms with Crippen molar-refractivity contribution in [2.45, 2.75) is 32.4 Å². The van der Waals surface area contributed by atoms with Crippen LogP contribution in [0.25, 0.3) is 0 Å². The molecule has 5 heteroatoms. The molecule has 1 amide bonds. The highest BCUT2D eigenvalue weighted by molar-refractivity contribution is 5.75. The molecule has 0 atom stereocenters. The Morgan fingerprint density at radius 3 is 3.00 bits per heavy atom. The van der Waals surface area contributed by atoms with Crippen molar-refractivity contribution in [3.63, 3.8) is 0 Å². The Kier molecular flexibility index (Phi) is 3.58. The van der Waals surface area contributed by atoms with Crippen LogP contribution < -0.4 is 15.8 Å². The quantitative estimate of drug-likeness (QED) is 0.753. The minimum absolute atomic E-state index is 0.110. The first kappa shape index (κ1) is 11.9. The third-order valence-electron chi connectivity index (χ3n) is 2.58. The molecule has 92 valence electrons. The van der Waals surface area contributed by atoms with Crippen LogP contribution in [0.3, 0.4) is 0 Å². The molecule has 0 unspecified atom stereocenters. The molecule has 1 aliphatic carbocycles. The first-order valence-electron chi connectivity index (χ1n) is 5.76. The molecule has 0 aromatic carbocycles. The highest BCUT2D eigenvalue weighted by Crippen LogP contribution is 2.21. The Labute approximate surface area is 100 Å². The fraction of sp³-hybridized carbons (Fsp3) is 0.500. The van der Waals surface area contributed by atoms with E-state index >= 15 is 0 Å². The monoisotopic (exact) mass is 235 g/mol. The van der Waals surface area contributed by atoms with Gasteiger partial charge in [0.25, 0.3) is 5.91 Å². The molecular formula is C12H17N3O2. The van der Waals surface area contributed by atoms with Gasteiger partial charge in [0.05, 0.1) is 5.69 Å². The predicted octanol–water partition coefficient (Wildman–Crippen LogP) is 0.506. The minimum atomic E-state index is -0.480. The first-order chi connectivity index (χ1) is 8.15. The number of primary amides is 1. The van der Waals surface area contributed by atoms with Gasteiger partial charge in [0.2, 0.25) is 0 Å². The van der Waals surface area contributed by atoms with E-state index in [4.69, 9.17) is 10.5 Å². The maximum Gasteiger partial charge on any atom is 0.255 e. The second-order valence-electron chi connectivity index (χ2n) is 4.31. The number of ether oxygens (including phenoxy) is 1. The lowest BCUT2D eigenvalue weighted by Crippen LogP contribution is -2.22. The number of pyridine rings is 1. The number of carbonyl (C=O) groups excluding carboxylic acids is 1. The Hall–Kier alpha value is -1.62. The van der Waals surface area contributed by atoms with Gasteiger partial charge in [0.15, 0.2) is 6.61 Å². The normalized spacial score (nSPS) is 14.6. The van der Waals surface area contributed by atoms with Crippen LogP contribution in [0.1, 0.15) is 24.2 Å². The summed E-state index contributed by atoms with van der Waals surface area (Å²) in [6.45, 7) is 2.49. The standard InChI is InChI=1S/C12H17N3O2/c1-8-2-5-11(17-7-12(13)16)10(15-8)6-14-9-3-4-9/h2,5,9,14H,3-4,6-7H2,1H3,(H2,13,16). The predicted molar refractivity (Wildman–Crippen MR) is 63.5 cm³/mol. The van der Waals surface area contributed by atoms with E-state index < -0.39 is 5.91 Å². The summed E-state index contributed by atoms with van der Waals surface area (Å²) in [4.78, 5) is 15.1. The van der Waals surface area contributed by atoms with E-state index in [0.29, 0.717) is 18.3 Å². The number of nitrogens with zero attached hydrogens (tertiary/aromatic N) is 1. The van der Waals surface area contributed by atoms with E-state index in [1.54, 1.807) is 0 Å². The lowest BCUT2D eigenvalue weighted by Gasteiger charge is -2.10. The third kappa shape index (κ3) is 3.71. The van der Waals surface area contributed by atoms with Crippen LogP contribution in [-0.4, -0.2) is 23.5 Å². The van der Waals surface area contributed by atoms with Gasteiger partial charge in [-0.25, -0.2) is 0 Å². The Balaban J connectivity index is 2.02. The average Bonchev–Trinajstić information content (AvgIpc) is 3.08. The summed E-state index contributed by atoms with van der Waals surface area (Å²) in [6.07, 6.45) is 2.45. The van der Waals surface area contributed by atoms with Crippen LogP contribution in [-0.2, 0) is 11.3 Å². The second-order valence-corrected chi connectivity index (χ2v) is 4.31. The molecule has 1 aromatic heterocycles. The number of aromatic nitrogens is 1. The van der Waals surface area contributed by atoms with Gasteiger partial charge in [-0.1, -0.05) is 0 Å². The summed E-state index contributed by atoms with van der Waals surface area (Å²) < 4.78 is 5.33. The zero-order valence-corrected chi connectivity index (χ0v) is 9.90. The second kappa shape index (κ2) is 5.14. The maximum absolute atomic E-state index is 10.7. The van der Waals surface area contributed by atoms with Crippen LogP contribution in [0.4, 0.5) is 0 Å². The van der Waals surface area contributed by atoms with E-state index in [9.17, 15) is 4.79 Å². The molecule has 0 aliphatic heterocycles. The van der Waals surface area contributed by atoms with E-state index in [1.165, 1.54) is 12.8 Å². The molecular weight excluding hydrogens is 218 g/mol. The summed E-state index contributed by atoms with van der Waals surface area (Å²) in [5, 5.41) is 3.37. The smallest absolute Gasteiger partial charge is 0.255 e. The maximum atomic E-state index is 10.7. The molecule has 0 radical (unpaired) electrons. The van der Waals surface area contributed by atoms with Gasteiger partial charge in [-0.05, 0) is 31.9 Å². The number of nitrogens with one attached hydrogen (secondary N) is 1. The molecule has 1 aliphatic rings. The zero-order chi connectivity index (χ0) is 12.3. The van der Waals surface area contributed by atoms with Gasteiger partial charge < -0.3 is 15.8 Å². The molecule has 2 rings (SSSR count). The number of hydrogen-bond acceptors (Lipinski definition) is 4. The van der Waals surface area contributed by atoms with E-state index in [2.05, 4.69) is 10.3 Å². The number of nitrogens with two attached hydrogens (primary N) is 1. The SMILES string of the molecule is Cc1ccc(OCC(N)=O)c(CNC2CC2)n1. The Morgan fingerprint density at radius 1 is 1.59 bits per heavy atom. The van der Waals surface area contributed by atoms with Gasteiger partial charge in [-0.3, -0.25) is 9.78 Å². The van der Waals surface area contributed by atoms with Gasteiger partial charge in [0.1, 0.15) is 5.75 Å². The van der Waals surface area contributed by atoms with Crippen molar-refractivity contribution in [1.82, 2.24) is 10.3 Å². The summed E-state index contributed by atoms with van der Waals surface area (Å²) in [7, 11) is 0. The number of aryl methyl sites for hydroxylation is 1. The lowest BCUT2D eigenvalue weighted by atomic mass is 10.3. The lowest BCUT2D eigenvalue weighted by molar-refractivity contribution is -0.119. The van der Waals surface area contributed by atoms with Gasteiger partial charge in [-0.15, -0.1) is 0 Å². The number of hydrogen-bond donors (Lipinski definition) is 2. The van der Waals surface area contributed by atoms with Gasteiger partial charge >= 0.3 is 0 Å². The van der Waals surface area contributed by atoms with Crippen LogP contribution in [0, 0.1) is 6.92 Å². The van der Waals surface area contributed by atoms with Crippen LogP contribution in [0.2, 0.25) is 0 Å².